The summed E-state index contributed by atoms with van der Waals surface area (Å²) in [4.78, 5) is 27.4. The average Bonchev–Trinajstić information content (AvgIpc) is 2.49. The maximum Gasteiger partial charge on any atom is 0.408 e. The van der Waals surface area contributed by atoms with Gasteiger partial charge in [0.2, 0.25) is 5.91 Å². The molecule has 0 radical (unpaired) electrons. The highest BCUT2D eigenvalue weighted by atomic mass is 19.1. The molecule has 0 bridgehead atoms. The quantitative estimate of drug-likeness (QED) is 0.799. The van der Waals surface area contributed by atoms with E-state index in [1.165, 1.54) is 11.0 Å². The molecule has 0 aliphatic heterocycles. The van der Waals surface area contributed by atoms with Gasteiger partial charge in [0.25, 0.3) is 0 Å². The molecule has 0 aliphatic rings. The van der Waals surface area contributed by atoms with Gasteiger partial charge in [-0.05, 0) is 40.9 Å². The number of benzene rings is 1. The Hall–Kier alpha value is -2.22. The zero-order valence-corrected chi connectivity index (χ0v) is 15.9. The van der Waals surface area contributed by atoms with Crippen LogP contribution in [0.25, 0.3) is 0 Å². The normalized spacial score (nSPS) is 11.4. The molecule has 0 saturated carbocycles. The van der Waals surface area contributed by atoms with Gasteiger partial charge >= 0.3 is 6.09 Å². The average molecular weight is 371 g/mol. The standard InChI is InChI=1S/C18H27F2N3O3/c1-18(2,3)26-17(25)21-11-16(24)23(9-8-22(4)5)12-13-6-7-14(19)10-15(13)20/h6-7,10H,8-9,11-12H2,1-5H3,(H,21,25). The van der Waals surface area contributed by atoms with Crippen molar-refractivity contribution < 1.29 is 23.1 Å². The first-order valence-corrected chi connectivity index (χ1v) is 8.31. The summed E-state index contributed by atoms with van der Waals surface area (Å²) in [7, 11) is 3.69. The zero-order valence-electron chi connectivity index (χ0n) is 15.9. The second kappa shape index (κ2) is 9.47. The summed E-state index contributed by atoms with van der Waals surface area (Å²) >= 11 is 0. The van der Waals surface area contributed by atoms with Crippen molar-refractivity contribution in [1.29, 1.82) is 0 Å². The van der Waals surface area contributed by atoms with Crippen LogP contribution in [0.5, 0.6) is 0 Å². The Morgan fingerprint density at radius 1 is 1.15 bits per heavy atom. The van der Waals surface area contributed by atoms with Crippen molar-refractivity contribution in [3.05, 3.63) is 35.4 Å². The largest absolute Gasteiger partial charge is 0.444 e. The van der Waals surface area contributed by atoms with Crippen molar-refractivity contribution in [2.75, 3.05) is 33.7 Å². The van der Waals surface area contributed by atoms with Crippen LogP contribution in [0.15, 0.2) is 18.2 Å². The summed E-state index contributed by atoms with van der Waals surface area (Å²) in [6, 6.07) is 3.23. The van der Waals surface area contributed by atoms with Gasteiger partial charge in [-0.1, -0.05) is 6.07 Å². The van der Waals surface area contributed by atoms with Crippen molar-refractivity contribution in [1.82, 2.24) is 15.1 Å². The lowest BCUT2D eigenvalue weighted by atomic mass is 10.2. The molecule has 0 heterocycles. The molecule has 2 amide bonds. The third-order valence-corrected chi connectivity index (χ3v) is 3.33. The highest BCUT2D eigenvalue weighted by Gasteiger charge is 2.20. The molecule has 8 heteroatoms. The van der Waals surface area contributed by atoms with Gasteiger partial charge in [-0.2, -0.15) is 0 Å². The Morgan fingerprint density at radius 3 is 2.35 bits per heavy atom. The fraction of sp³-hybridized carbons (Fsp3) is 0.556. The van der Waals surface area contributed by atoms with E-state index < -0.39 is 23.3 Å². The highest BCUT2D eigenvalue weighted by molar-refractivity contribution is 5.82. The van der Waals surface area contributed by atoms with Crippen LogP contribution in [0.3, 0.4) is 0 Å². The lowest BCUT2D eigenvalue weighted by Crippen LogP contribution is -2.43. The number of carbonyl (C=O) groups is 2. The molecule has 0 saturated heterocycles. The van der Waals surface area contributed by atoms with Crippen molar-refractivity contribution in [3.8, 4) is 0 Å². The lowest BCUT2D eigenvalue weighted by molar-refractivity contribution is -0.131. The molecule has 1 rings (SSSR count). The van der Waals surface area contributed by atoms with Crippen LogP contribution in [-0.2, 0) is 16.1 Å². The van der Waals surface area contributed by atoms with Gasteiger partial charge in [0.05, 0.1) is 0 Å². The van der Waals surface area contributed by atoms with Crippen LogP contribution >= 0.6 is 0 Å². The van der Waals surface area contributed by atoms with Crippen molar-refractivity contribution in [2.45, 2.75) is 32.9 Å². The Balaban J connectivity index is 2.75. The predicted octanol–water partition coefficient (Wildman–Crippen LogP) is 2.38. The molecule has 0 atom stereocenters. The Morgan fingerprint density at radius 2 is 1.81 bits per heavy atom. The predicted molar refractivity (Wildman–Crippen MR) is 94.6 cm³/mol. The molecule has 0 fully saturated rings. The molecule has 0 unspecified atom stereocenters. The van der Waals surface area contributed by atoms with Crippen molar-refractivity contribution in [2.24, 2.45) is 0 Å². The lowest BCUT2D eigenvalue weighted by Gasteiger charge is -2.25. The van der Waals surface area contributed by atoms with Crippen LogP contribution in [0.4, 0.5) is 13.6 Å². The maximum absolute atomic E-state index is 13.9. The number of carbonyl (C=O) groups excluding carboxylic acids is 2. The van der Waals surface area contributed by atoms with Gasteiger partial charge in [0, 0.05) is 31.3 Å². The van der Waals surface area contributed by atoms with E-state index in [1.807, 2.05) is 19.0 Å². The minimum atomic E-state index is -0.715. The topological polar surface area (TPSA) is 61.9 Å². The molecule has 6 nitrogen and oxygen atoms in total. The van der Waals surface area contributed by atoms with E-state index >= 15 is 0 Å². The first kappa shape index (κ1) is 21.8. The van der Waals surface area contributed by atoms with Crippen molar-refractivity contribution >= 4 is 12.0 Å². The highest BCUT2D eigenvalue weighted by Crippen LogP contribution is 2.12. The van der Waals surface area contributed by atoms with Crippen LogP contribution in [0.1, 0.15) is 26.3 Å². The van der Waals surface area contributed by atoms with Gasteiger partial charge in [-0.25, -0.2) is 13.6 Å². The van der Waals surface area contributed by atoms with E-state index in [0.717, 1.165) is 12.1 Å². The molecule has 146 valence electrons. The first-order valence-electron chi connectivity index (χ1n) is 8.31. The van der Waals surface area contributed by atoms with E-state index in [9.17, 15) is 18.4 Å². The first-order chi connectivity index (χ1) is 12.0. The van der Waals surface area contributed by atoms with Gasteiger partial charge in [-0.3, -0.25) is 4.79 Å². The molecule has 1 aromatic rings. The number of alkyl carbamates (subject to hydrolysis) is 1. The van der Waals surface area contributed by atoms with E-state index in [0.29, 0.717) is 13.1 Å². The molecular weight excluding hydrogens is 344 g/mol. The molecule has 26 heavy (non-hydrogen) atoms. The van der Waals surface area contributed by atoms with Gasteiger partial charge in [-0.15, -0.1) is 0 Å². The number of hydrogen-bond donors (Lipinski definition) is 1. The van der Waals surface area contributed by atoms with Gasteiger partial charge in [0.15, 0.2) is 0 Å². The summed E-state index contributed by atoms with van der Waals surface area (Å²) in [6.45, 7) is 5.75. The van der Waals surface area contributed by atoms with E-state index in [2.05, 4.69) is 5.32 Å². The van der Waals surface area contributed by atoms with Crippen molar-refractivity contribution in [3.63, 3.8) is 0 Å². The number of rotatable bonds is 7. The summed E-state index contributed by atoms with van der Waals surface area (Å²) in [5, 5.41) is 2.40. The number of hydrogen-bond acceptors (Lipinski definition) is 4. The number of ether oxygens (including phenoxy) is 1. The number of nitrogens with zero attached hydrogens (tertiary/aromatic N) is 2. The van der Waals surface area contributed by atoms with E-state index in [1.54, 1.807) is 20.8 Å². The molecule has 1 aromatic carbocycles. The third-order valence-electron chi connectivity index (χ3n) is 3.33. The van der Waals surface area contributed by atoms with E-state index in [-0.39, 0.29) is 24.6 Å². The minimum Gasteiger partial charge on any atom is -0.444 e. The Labute approximate surface area is 153 Å². The fourth-order valence-electron chi connectivity index (χ4n) is 2.04. The van der Waals surface area contributed by atoms with E-state index in [4.69, 9.17) is 4.74 Å². The second-order valence-electron chi connectivity index (χ2n) is 7.21. The molecule has 0 aliphatic carbocycles. The van der Waals surface area contributed by atoms with Crippen LogP contribution in [0.2, 0.25) is 0 Å². The summed E-state index contributed by atoms with van der Waals surface area (Å²) in [6.07, 6.45) is -0.702. The second-order valence-corrected chi connectivity index (χ2v) is 7.21. The Kier molecular flexibility index (Phi) is 7.95. The summed E-state index contributed by atoms with van der Waals surface area (Å²) in [5.41, 5.74) is -0.467. The SMILES string of the molecule is CN(C)CCN(Cc1ccc(F)cc1F)C(=O)CNC(=O)OC(C)(C)C. The molecule has 0 spiro atoms. The summed E-state index contributed by atoms with van der Waals surface area (Å²) < 4.78 is 32.0. The number of likely N-dealkylation sites (N-methyl/N-ethyl adjacent to an activating group) is 1. The number of nitrogens with one attached hydrogen (secondary N) is 1. The number of amides is 2. The third kappa shape index (κ3) is 8.24. The molecule has 1 N–H and O–H groups in total. The van der Waals surface area contributed by atoms with Crippen LogP contribution in [-0.4, -0.2) is 61.1 Å². The monoisotopic (exact) mass is 371 g/mol. The molecule has 0 aromatic heterocycles. The maximum atomic E-state index is 13.9. The fourth-order valence-corrected chi connectivity index (χ4v) is 2.04. The minimum absolute atomic E-state index is 0.0191. The smallest absolute Gasteiger partial charge is 0.408 e. The molecular formula is C18H27F2N3O3. The Bertz CT molecular complexity index is 631. The van der Waals surface area contributed by atoms with Crippen LogP contribution in [0, 0.1) is 11.6 Å². The zero-order chi connectivity index (χ0) is 19.9. The summed E-state index contributed by atoms with van der Waals surface area (Å²) in [5.74, 6) is -1.78. The van der Waals surface area contributed by atoms with Gasteiger partial charge in [0.1, 0.15) is 23.8 Å². The van der Waals surface area contributed by atoms with Crippen LogP contribution < -0.4 is 5.32 Å². The number of halogens is 2. The van der Waals surface area contributed by atoms with Gasteiger partial charge < -0.3 is 19.9 Å².